The molecule has 0 bridgehead atoms. The summed E-state index contributed by atoms with van der Waals surface area (Å²) in [5.41, 5.74) is 0. The fraction of sp³-hybridized carbons (Fsp3) is 0.875. The number of hydrogen-bond acceptors (Lipinski definition) is 3. The van der Waals surface area contributed by atoms with Crippen molar-refractivity contribution in [2.24, 2.45) is 5.92 Å². The molecule has 2 unspecified atom stereocenters. The maximum absolute atomic E-state index is 12.6. The van der Waals surface area contributed by atoms with Gasteiger partial charge in [0.1, 0.15) is 6.04 Å². The van der Waals surface area contributed by atoms with E-state index < -0.39 is 0 Å². The van der Waals surface area contributed by atoms with E-state index in [2.05, 4.69) is 24.1 Å². The summed E-state index contributed by atoms with van der Waals surface area (Å²) in [6, 6.07) is 0.263. The van der Waals surface area contributed by atoms with Gasteiger partial charge in [0.15, 0.2) is 0 Å². The minimum Gasteiger partial charge on any atom is -0.344 e. The highest BCUT2D eigenvalue weighted by molar-refractivity contribution is 5.89. The molecule has 2 rings (SSSR count). The third-order valence-corrected chi connectivity index (χ3v) is 4.66. The molecule has 5 nitrogen and oxygen atoms in total. The van der Waals surface area contributed by atoms with Crippen molar-refractivity contribution in [2.75, 3.05) is 26.2 Å². The lowest BCUT2D eigenvalue weighted by atomic mass is 10.1. The van der Waals surface area contributed by atoms with Gasteiger partial charge in [-0.15, -0.1) is 0 Å². The number of rotatable bonds is 5. The first-order valence-electron chi connectivity index (χ1n) is 8.33. The van der Waals surface area contributed by atoms with Crippen molar-refractivity contribution in [3.05, 3.63) is 0 Å². The molecule has 2 aliphatic rings. The van der Waals surface area contributed by atoms with E-state index in [1.807, 2.05) is 11.8 Å². The second-order valence-corrected chi connectivity index (χ2v) is 6.69. The summed E-state index contributed by atoms with van der Waals surface area (Å²) < 4.78 is 0. The Bertz CT molecular complexity index is 384. The van der Waals surface area contributed by atoms with Crippen molar-refractivity contribution >= 4 is 11.8 Å². The van der Waals surface area contributed by atoms with E-state index in [1.165, 1.54) is 0 Å². The highest BCUT2D eigenvalue weighted by Crippen LogP contribution is 2.21. The molecule has 0 aromatic carbocycles. The van der Waals surface area contributed by atoms with Crippen LogP contribution in [0.1, 0.15) is 46.5 Å². The van der Waals surface area contributed by atoms with Crippen LogP contribution in [0.4, 0.5) is 0 Å². The molecule has 0 aromatic heterocycles. The second kappa shape index (κ2) is 7.25. The Kier molecular flexibility index (Phi) is 5.62. The molecule has 21 heavy (non-hydrogen) atoms. The quantitative estimate of drug-likeness (QED) is 0.830. The van der Waals surface area contributed by atoms with Gasteiger partial charge >= 0.3 is 0 Å². The molecule has 0 aromatic rings. The standard InChI is InChI=1S/C16H29N3O2/c1-4-5-14-16(21)19(9-7-15(20)17-14)11-13-6-8-18(10-13)12(2)3/h12-14H,4-11H2,1-3H3,(H,17,20). The zero-order valence-corrected chi connectivity index (χ0v) is 13.6. The van der Waals surface area contributed by atoms with Crippen LogP contribution in [0.5, 0.6) is 0 Å². The minimum absolute atomic E-state index is 0.0135. The third-order valence-electron chi connectivity index (χ3n) is 4.66. The molecule has 0 saturated carbocycles. The summed E-state index contributed by atoms with van der Waals surface area (Å²) in [6.45, 7) is 10.1. The lowest BCUT2D eigenvalue weighted by Crippen LogP contribution is -2.46. The number of carbonyl (C=O) groups excluding carboxylic acids is 2. The Morgan fingerprint density at radius 1 is 1.29 bits per heavy atom. The summed E-state index contributed by atoms with van der Waals surface area (Å²) >= 11 is 0. The van der Waals surface area contributed by atoms with Gasteiger partial charge in [0.2, 0.25) is 11.8 Å². The summed E-state index contributed by atoms with van der Waals surface area (Å²) in [6.07, 6.45) is 3.24. The zero-order chi connectivity index (χ0) is 15.4. The lowest BCUT2D eigenvalue weighted by molar-refractivity contribution is -0.134. The van der Waals surface area contributed by atoms with Gasteiger partial charge in [-0.1, -0.05) is 13.3 Å². The van der Waals surface area contributed by atoms with E-state index in [9.17, 15) is 9.59 Å². The first kappa shape index (κ1) is 16.3. The lowest BCUT2D eigenvalue weighted by Gasteiger charge is -2.27. The van der Waals surface area contributed by atoms with Gasteiger partial charge < -0.3 is 15.1 Å². The molecule has 0 aliphatic carbocycles. The zero-order valence-electron chi connectivity index (χ0n) is 13.6. The number of amides is 2. The van der Waals surface area contributed by atoms with Crippen LogP contribution in [-0.2, 0) is 9.59 Å². The van der Waals surface area contributed by atoms with E-state index in [0.29, 0.717) is 24.9 Å². The van der Waals surface area contributed by atoms with Crippen LogP contribution in [-0.4, -0.2) is 59.9 Å². The molecule has 2 amide bonds. The van der Waals surface area contributed by atoms with Gasteiger partial charge in [0, 0.05) is 32.1 Å². The number of nitrogens with one attached hydrogen (secondary N) is 1. The Hall–Kier alpha value is -1.10. The Morgan fingerprint density at radius 3 is 2.67 bits per heavy atom. The van der Waals surface area contributed by atoms with Crippen LogP contribution in [0.15, 0.2) is 0 Å². The SMILES string of the molecule is CCCC1NC(=O)CCN(CC2CCN(C(C)C)C2)C1=O. The predicted molar refractivity (Wildman–Crippen MR) is 82.9 cm³/mol. The van der Waals surface area contributed by atoms with Gasteiger partial charge in [0.05, 0.1) is 0 Å². The third kappa shape index (κ3) is 4.19. The van der Waals surface area contributed by atoms with Crippen LogP contribution < -0.4 is 5.32 Å². The van der Waals surface area contributed by atoms with Crippen molar-refractivity contribution in [3.8, 4) is 0 Å². The Morgan fingerprint density at radius 2 is 2.05 bits per heavy atom. The van der Waals surface area contributed by atoms with Gasteiger partial charge in [-0.2, -0.15) is 0 Å². The van der Waals surface area contributed by atoms with Crippen molar-refractivity contribution < 1.29 is 9.59 Å². The maximum atomic E-state index is 12.6. The van der Waals surface area contributed by atoms with Crippen molar-refractivity contribution in [1.82, 2.24) is 15.1 Å². The highest BCUT2D eigenvalue weighted by atomic mass is 16.2. The van der Waals surface area contributed by atoms with Gasteiger partial charge in [-0.3, -0.25) is 9.59 Å². The monoisotopic (exact) mass is 295 g/mol. The second-order valence-electron chi connectivity index (χ2n) is 6.69. The summed E-state index contributed by atoms with van der Waals surface area (Å²) in [5, 5.41) is 2.87. The summed E-state index contributed by atoms with van der Waals surface area (Å²) in [4.78, 5) is 28.7. The molecule has 2 heterocycles. The molecule has 1 N–H and O–H groups in total. The Labute approximate surface area is 128 Å². The molecule has 0 spiro atoms. The van der Waals surface area contributed by atoms with Crippen LogP contribution in [0.2, 0.25) is 0 Å². The first-order valence-corrected chi connectivity index (χ1v) is 8.33. The van der Waals surface area contributed by atoms with Crippen LogP contribution >= 0.6 is 0 Å². The van der Waals surface area contributed by atoms with Crippen molar-refractivity contribution in [1.29, 1.82) is 0 Å². The van der Waals surface area contributed by atoms with Gasteiger partial charge in [-0.05, 0) is 39.2 Å². The molecule has 2 atom stereocenters. The van der Waals surface area contributed by atoms with E-state index >= 15 is 0 Å². The number of carbonyl (C=O) groups is 2. The Balaban J connectivity index is 1.95. The number of nitrogens with zero attached hydrogens (tertiary/aromatic N) is 2. The largest absolute Gasteiger partial charge is 0.344 e. The molecule has 2 aliphatic heterocycles. The molecule has 5 heteroatoms. The fourth-order valence-corrected chi connectivity index (χ4v) is 3.35. The average Bonchev–Trinajstić information content (AvgIpc) is 2.86. The van der Waals surface area contributed by atoms with E-state index in [-0.39, 0.29) is 17.9 Å². The minimum atomic E-state index is -0.312. The predicted octanol–water partition coefficient (Wildman–Crippen LogP) is 1.23. The van der Waals surface area contributed by atoms with Gasteiger partial charge in [-0.25, -0.2) is 0 Å². The topological polar surface area (TPSA) is 52.7 Å². The van der Waals surface area contributed by atoms with E-state index in [0.717, 1.165) is 38.9 Å². The highest BCUT2D eigenvalue weighted by Gasteiger charge is 2.32. The maximum Gasteiger partial charge on any atom is 0.245 e. The van der Waals surface area contributed by atoms with Crippen LogP contribution in [0, 0.1) is 5.92 Å². The smallest absolute Gasteiger partial charge is 0.245 e. The summed E-state index contributed by atoms with van der Waals surface area (Å²) in [7, 11) is 0. The van der Waals surface area contributed by atoms with Crippen LogP contribution in [0.25, 0.3) is 0 Å². The first-order chi connectivity index (χ1) is 10.0. The molecule has 2 fully saturated rings. The van der Waals surface area contributed by atoms with Crippen molar-refractivity contribution in [3.63, 3.8) is 0 Å². The van der Waals surface area contributed by atoms with Crippen LogP contribution in [0.3, 0.4) is 0 Å². The summed E-state index contributed by atoms with van der Waals surface area (Å²) in [5.74, 6) is 0.678. The average molecular weight is 295 g/mol. The molecular formula is C16H29N3O2. The normalized spacial score (nSPS) is 28.1. The molecular weight excluding hydrogens is 266 g/mol. The number of likely N-dealkylation sites (tertiary alicyclic amines) is 1. The molecule has 120 valence electrons. The van der Waals surface area contributed by atoms with Crippen molar-refractivity contribution in [2.45, 2.75) is 58.5 Å². The number of hydrogen-bond donors (Lipinski definition) is 1. The van der Waals surface area contributed by atoms with E-state index in [1.54, 1.807) is 0 Å². The van der Waals surface area contributed by atoms with Gasteiger partial charge in [0.25, 0.3) is 0 Å². The molecule has 0 radical (unpaired) electrons. The molecule has 2 saturated heterocycles. The fourth-order valence-electron chi connectivity index (χ4n) is 3.35. The van der Waals surface area contributed by atoms with E-state index in [4.69, 9.17) is 0 Å².